The van der Waals surface area contributed by atoms with Crippen molar-refractivity contribution in [1.82, 2.24) is 20.1 Å². The van der Waals surface area contributed by atoms with Gasteiger partial charge < -0.3 is 19.9 Å². The number of nitrogens with one attached hydrogen (secondary N) is 2. The number of carbonyl (C=O) groups excluding carboxylic acids is 3. The van der Waals surface area contributed by atoms with E-state index in [0.717, 1.165) is 0 Å². The summed E-state index contributed by atoms with van der Waals surface area (Å²) in [6.45, 7) is 3.78. The molecule has 0 saturated carbocycles. The Morgan fingerprint density at radius 3 is 2.72 bits per heavy atom. The first-order valence-electron chi connectivity index (χ1n) is 9.77. The molecule has 3 rings (SSSR count). The zero-order valence-corrected chi connectivity index (χ0v) is 19.5. The smallest absolute Gasteiger partial charge is 0.338 e. The molecule has 0 saturated heterocycles. The summed E-state index contributed by atoms with van der Waals surface area (Å²) in [5.74, 6) is -0.178. The Hall–Kier alpha value is -3.18. The minimum absolute atomic E-state index is 0.105. The average molecular weight is 474 g/mol. The normalized spacial score (nSPS) is 10.8. The van der Waals surface area contributed by atoms with Gasteiger partial charge in [-0.05, 0) is 43.5 Å². The van der Waals surface area contributed by atoms with Crippen LogP contribution in [-0.4, -0.2) is 44.4 Å². The van der Waals surface area contributed by atoms with Gasteiger partial charge in [0.2, 0.25) is 5.91 Å². The Labute approximate surface area is 193 Å². The molecular formula is C21H23N5O4S2. The lowest BCUT2D eigenvalue weighted by Crippen LogP contribution is -2.23. The van der Waals surface area contributed by atoms with E-state index in [-0.39, 0.29) is 30.2 Å². The lowest BCUT2D eigenvalue weighted by atomic mass is 10.2. The molecule has 0 aliphatic carbocycles. The van der Waals surface area contributed by atoms with Crippen LogP contribution in [0.4, 0.5) is 5.69 Å². The van der Waals surface area contributed by atoms with E-state index in [0.29, 0.717) is 27.1 Å². The number of nitrogens with zero attached hydrogens (tertiary/aromatic N) is 3. The summed E-state index contributed by atoms with van der Waals surface area (Å²) >= 11 is 2.58. The Balaban J connectivity index is 1.51. The zero-order valence-electron chi connectivity index (χ0n) is 17.8. The highest BCUT2D eigenvalue weighted by molar-refractivity contribution is 7.99. The van der Waals surface area contributed by atoms with Crippen molar-refractivity contribution in [2.24, 2.45) is 7.05 Å². The Morgan fingerprint density at radius 1 is 1.19 bits per heavy atom. The van der Waals surface area contributed by atoms with Crippen molar-refractivity contribution in [1.29, 1.82) is 0 Å². The highest BCUT2D eigenvalue weighted by Crippen LogP contribution is 2.18. The maximum atomic E-state index is 12.3. The Bertz CT molecular complexity index is 1100. The topological polar surface area (TPSA) is 115 Å². The summed E-state index contributed by atoms with van der Waals surface area (Å²) in [7, 11) is 1.77. The first-order valence-corrected chi connectivity index (χ1v) is 11.6. The zero-order chi connectivity index (χ0) is 23.1. The first kappa shape index (κ1) is 23.5. The second-order valence-electron chi connectivity index (χ2n) is 6.99. The average Bonchev–Trinajstić information content (AvgIpc) is 3.41. The number of anilines is 1. The van der Waals surface area contributed by atoms with Crippen LogP contribution in [-0.2, 0) is 23.1 Å². The molecule has 1 aromatic carbocycles. The molecule has 2 amide bonds. The quantitative estimate of drug-likeness (QED) is 0.362. The lowest BCUT2D eigenvalue weighted by Gasteiger charge is -2.10. The van der Waals surface area contributed by atoms with Gasteiger partial charge in [0.25, 0.3) is 5.91 Å². The highest BCUT2D eigenvalue weighted by Gasteiger charge is 2.14. The van der Waals surface area contributed by atoms with Crippen molar-refractivity contribution in [3.8, 4) is 0 Å². The molecular weight excluding hydrogens is 450 g/mol. The fraction of sp³-hybridized carbons (Fsp3) is 0.286. The fourth-order valence-corrected chi connectivity index (χ4v) is 3.98. The molecule has 11 heteroatoms. The monoisotopic (exact) mass is 473 g/mol. The number of rotatable bonds is 9. The standard InChI is InChI=1S/C21H23N5O4S2/c1-13(2)30-20(29)14-6-4-7-15(10-14)23-18(27)12-32-21-25-24-17(26(21)3)11-22-19(28)16-8-5-9-31-16/h4-10,13H,11-12H2,1-3H3,(H,22,28)(H,23,27). The van der Waals surface area contributed by atoms with Crippen LogP contribution in [0.1, 0.15) is 39.7 Å². The summed E-state index contributed by atoms with van der Waals surface area (Å²) < 4.78 is 6.90. The molecule has 168 valence electrons. The summed E-state index contributed by atoms with van der Waals surface area (Å²) in [6, 6.07) is 10.1. The molecule has 0 bridgehead atoms. The van der Waals surface area contributed by atoms with E-state index in [2.05, 4.69) is 20.8 Å². The van der Waals surface area contributed by atoms with Crippen molar-refractivity contribution in [2.75, 3.05) is 11.1 Å². The molecule has 0 radical (unpaired) electrons. The Morgan fingerprint density at radius 2 is 2.00 bits per heavy atom. The molecule has 2 heterocycles. The van der Waals surface area contributed by atoms with E-state index >= 15 is 0 Å². The summed E-state index contributed by atoms with van der Waals surface area (Å²) in [4.78, 5) is 37.1. The van der Waals surface area contributed by atoms with Crippen LogP contribution in [0.3, 0.4) is 0 Å². The predicted molar refractivity (Wildman–Crippen MR) is 123 cm³/mol. The number of benzene rings is 1. The van der Waals surface area contributed by atoms with Gasteiger partial charge in [-0.15, -0.1) is 21.5 Å². The van der Waals surface area contributed by atoms with E-state index < -0.39 is 5.97 Å². The van der Waals surface area contributed by atoms with Gasteiger partial charge in [0.05, 0.1) is 28.8 Å². The summed E-state index contributed by atoms with van der Waals surface area (Å²) in [6.07, 6.45) is -0.225. The van der Waals surface area contributed by atoms with E-state index in [4.69, 9.17) is 4.74 Å². The molecule has 0 aliphatic rings. The molecule has 3 aromatic rings. The van der Waals surface area contributed by atoms with Crippen LogP contribution in [0.5, 0.6) is 0 Å². The van der Waals surface area contributed by atoms with E-state index in [1.807, 2.05) is 11.4 Å². The molecule has 2 aromatic heterocycles. The number of hydrogen-bond acceptors (Lipinski definition) is 8. The molecule has 0 unspecified atom stereocenters. The van der Waals surface area contributed by atoms with Crippen LogP contribution >= 0.6 is 23.1 Å². The minimum atomic E-state index is -0.441. The van der Waals surface area contributed by atoms with Gasteiger partial charge in [-0.25, -0.2) is 4.79 Å². The van der Waals surface area contributed by atoms with Gasteiger partial charge in [-0.1, -0.05) is 23.9 Å². The fourth-order valence-electron chi connectivity index (χ4n) is 2.61. The SMILES string of the molecule is CC(C)OC(=O)c1cccc(NC(=O)CSc2nnc(CNC(=O)c3cccs3)n2C)c1. The van der Waals surface area contributed by atoms with Crippen LogP contribution in [0.2, 0.25) is 0 Å². The minimum Gasteiger partial charge on any atom is -0.459 e. The maximum Gasteiger partial charge on any atom is 0.338 e. The number of amides is 2. The van der Waals surface area contributed by atoms with Crippen molar-refractivity contribution >= 4 is 46.6 Å². The maximum absolute atomic E-state index is 12.3. The largest absolute Gasteiger partial charge is 0.459 e. The molecule has 0 aliphatic heterocycles. The summed E-state index contributed by atoms with van der Waals surface area (Å²) in [5.41, 5.74) is 0.871. The molecule has 32 heavy (non-hydrogen) atoms. The van der Waals surface area contributed by atoms with Crippen LogP contribution in [0.25, 0.3) is 0 Å². The summed E-state index contributed by atoms with van der Waals surface area (Å²) in [5, 5.41) is 16.1. The number of ether oxygens (including phenoxy) is 1. The van der Waals surface area contributed by atoms with Crippen molar-refractivity contribution in [3.63, 3.8) is 0 Å². The van der Waals surface area contributed by atoms with Gasteiger partial charge in [0, 0.05) is 12.7 Å². The van der Waals surface area contributed by atoms with E-state index in [1.165, 1.54) is 23.1 Å². The lowest BCUT2D eigenvalue weighted by molar-refractivity contribution is -0.113. The van der Waals surface area contributed by atoms with Gasteiger partial charge in [-0.3, -0.25) is 9.59 Å². The van der Waals surface area contributed by atoms with Crippen LogP contribution in [0.15, 0.2) is 46.9 Å². The van der Waals surface area contributed by atoms with Gasteiger partial charge in [0.15, 0.2) is 11.0 Å². The number of aromatic nitrogens is 3. The third-order valence-electron chi connectivity index (χ3n) is 4.13. The van der Waals surface area contributed by atoms with Crippen molar-refractivity contribution in [2.45, 2.75) is 31.7 Å². The number of thiophene rings is 1. The Kier molecular flexibility index (Phi) is 8.01. The first-order chi connectivity index (χ1) is 15.3. The number of esters is 1. The molecule has 0 atom stereocenters. The second kappa shape index (κ2) is 10.9. The molecule has 2 N–H and O–H groups in total. The molecule has 0 fully saturated rings. The van der Waals surface area contributed by atoms with Crippen molar-refractivity contribution < 1.29 is 19.1 Å². The van der Waals surface area contributed by atoms with Crippen molar-refractivity contribution in [3.05, 3.63) is 58.0 Å². The van der Waals surface area contributed by atoms with Crippen LogP contribution in [0, 0.1) is 0 Å². The second-order valence-corrected chi connectivity index (χ2v) is 8.88. The third-order valence-corrected chi connectivity index (χ3v) is 6.02. The number of carbonyl (C=O) groups is 3. The van der Waals surface area contributed by atoms with Gasteiger partial charge in [0.1, 0.15) is 0 Å². The highest BCUT2D eigenvalue weighted by atomic mass is 32.2. The van der Waals surface area contributed by atoms with E-state index in [1.54, 1.807) is 55.8 Å². The van der Waals surface area contributed by atoms with Crippen LogP contribution < -0.4 is 10.6 Å². The third kappa shape index (κ3) is 6.41. The number of thioether (sulfide) groups is 1. The van der Waals surface area contributed by atoms with Gasteiger partial charge in [-0.2, -0.15) is 0 Å². The molecule has 0 spiro atoms. The van der Waals surface area contributed by atoms with E-state index in [9.17, 15) is 14.4 Å². The van der Waals surface area contributed by atoms with Gasteiger partial charge >= 0.3 is 5.97 Å². The molecule has 9 nitrogen and oxygen atoms in total. The predicted octanol–water partition coefficient (Wildman–Crippen LogP) is 3.10. The number of hydrogen-bond donors (Lipinski definition) is 2.